The van der Waals surface area contributed by atoms with Crippen molar-refractivity contribution in [1.82, 2.24) is 4.98 Å². The molecule has 0 aromatic carbocycles. The van der Waals surface area contributed by atoms with Gasteiger partial charge in [0.15, 0.2) is 0 Å². The van der Waals surface area contributed by atoms with Crippen molar-refractivity contribution in [2.24, 2.45) is 0 Å². The third-order valence-corrected chi connectivity index (χ3v) is 1.66. The van der Waals surface area contributed by atoms with Gasteiger partial charge in [0.25, 0.3) is 0 Å². The lowest BCUT2D eigenvalue weighted by atomic mass is 9.74. The fourth-order valence-electron chi connectivity index (χ4n) is 0.957. The first-order chi connectivity index (χ1) is 11.3. The molecule has 1 aromatic heterocycles. The molecule has 0 unspecified atom stereocenters. The summed E-state index contributed by atoms with van der Waals surface area (Å²) in [5.74, 6) is 0. The highest BCUT2D eigenvalue weighted by Gasteiger charge is 2.22. The average Bonchev–Trinajstić information content (AvgIpc) is 2.31. The van der Waals surface area contributed by atoms with Crippen LogP contribution in [0.3, 0.4) is 0 Å². The van der Waals surface area contributed by atoms with E-state index < -0.39 is 56.5 Å². The summed E-state index contributed by atoms with van der Waals surface area (Å²) in [5, 5.41) is 18.8. The van der Waals surface area contributed by atoms with Crippen LogP contribution in [0.2, 0.25) is 0 Å². The van der Waals surface area contributed by atoms with E-state index in [1.54, 1.807) is 0 Å². The first-order valence-corrected chi connectivity index (χ1v) is 3.65. The van der Waals surface area contributed by atoms with Gasteiger partial charge >= 0.3 is 7.12 Å². The summed E-state index contributed by atoms with van der Waals surface area (Å²) in [6.45, 7) is -14.4. The Hall–Kier alpha value is -0.865. The summed E-state index contributed by atoms with van der Waals surface area (Å²) >= 11 is 0. The molecule has 1 rings (SSSR count). The first kappa shape index (κ1) is 3.06. The number of aromatic nitrogens is 1. The number of rotatable bonds is 1. The molecule has 0 aliphatic rings. The molecule has 0 aliphatic carbocycles. The number of hydrogen-bond acceptors (Lipinski definition) is 3. The summed E-state index contributed by atoms with van der Waals surface area (Å²) in [7, 11) is -2.44. The number of nitrogens with zero attached hydrogens (tertiary/aromatic N) is 1. The molecule has 0 spiro atoms. The largest absolute Gasteiger partial charge is 0.490 e. The number of pyridine rings is 1. The molecule has 1 heterocycles. The van der Waals surface area contributed by atoms with Crippen LogP contribution < -0.4 is 5.46 Å². The van der Waals surface area contributed by atoms with Crippen LogP contribution in [0.15, 0.2) is 12.4 Å². The second-order valence-corrected chi connectivity index (χ2v) is 2.77. The van der Waals surface area contributed by atoms with Crippen molar-refractivity contribution in [3.8, 4) is 0 Å². The van der Waals surface area contributed by atoms with Gasteiger partial charge in [-0.1, -0.05) is 20.6 Å². The molecule has 0 saturated heterocycles. The molecule has 0 fully saturated rings. The minimum atomic E-state index is -3.70. The minimum Gasteiger partial charge on any atom is -0.423 e. The van der Waals surface area contributed by atoms with Crippen molar-refractivity contribution in [2.45, 2.75) is 32.8 Å². The Morgan fingerprint density at radius 2 is 2.07 bits per heavy atom. The fourth-order valence-corrected chi connectivity index (χ4v) is 0.957. The third kappa shape index (κ3) is 2.14. The minimum absolute atomic E-state index is 0.526. The standard InChI is InChI=1S/C10H16BNO2/c1-7-8(10(2,3)4)5-12-6-9(7)11(13)14/h5-6,13-14H,1-4H3/i1D3,2D3,3D3,4D3. The molecule has 0 radical (unpaired) electrons. The molecular weight excluding hydrogens is 177 g/mol. The van der Waals surface area contributed by atoms with Gasteiger partial charge in [0.2, 0.25) is 0 Å². The van der Waals surface area contributed by atoms with Crippen LogP contribution >= 0.6 is 0 Å². The zero-order valence-electron chi connectivity index (χ0n) is 19.1. The Kier molecular flexibility index (Phi) is 0.812. The van der Waals surface area contributed by atoms with Crippen molar-refractivity contribution >= 4 is 12.6 Å². The van der Waals surface area contributed by atoms with Crippen molar-refractivity contribution in [1.29, 1.82) is 0 Å². The van der Waals surface area contributed by atoms with Crippen molar-refractivity contribution in [2.75, 3.05) is 0 Å². The van der Waals surface area contributed by atoms with E-state index in [4.69, 9.17) is 16.4 Å². The number of hydrogen-bond donors (Lipinski definition) is 2. The zero-order chi connectivity index (χ0) is 20.9. The Labute approximate surface area is 102 Å². The molecule has 0 amide bonds. The van der Waals surface area contributed by atoms with E-state index in [2.05, 4.69) is 4.98 Å². The Morgan fingerprint density at radius 3 is 2.57 bits per heavy atom. The monoisotopic (exact) mass is 205 g/mol. The molecule has 4 heteroatoms. The molecule has 1 aromatic rings. The van der Waals surface area contributed by atoms with Gasteiger partial charge in [0.05, 0.1) is 0 Å². The van der Waals surface area contributed by atoms with Crippen LogP contribution in [-0.4, -0.2) is 22.2 Å². The van der Waals surface area contributed by atoms with Crippen LogP contribution in [0.25, 0.3) is 0 Å². The average molecular weight is 205 g/mol. The second-order valence-electron chi connectivity index (χ2n) is 2.77. The van der Waals surface area contributed by atoms with Crippen LogP contribution in [0.4, 0.5) is 0 Å². The summed E-state index contributed by atoms with van der Waals surface area (Å²) in [6.07, 6.45) is 1.22. The van der Waals surface area contributed by atoms with Crippen LogP contribution in [0.5, 0.6) is 0 Å². The molecule has 76 valence electrons. The highest BCUT2D eigenvalue weighted by Crippen LogP contribution is 2.23. The van der Waals surface area contributed by atoms with Gasteiger partial charge in [-0.05, 0) is 23.4 Å². The smallest absolute Gasteiger partial charge is 0.423 e. The Bertz CT molecular complexity index is 624. The zero-order valence-corrected chi connectivity index (χ0v) is 7.07. The van der Waals surface area contributed by atoms with E-state index in [1.165, 1.54) is 0 Å². The van der Waals surface area contributed by atoms with Crippen LogP contribution in [0, 0.1) is 6.85 Å². The summed E-state index contributed by atoms with van der Waals surface area (Å²) in [6, 6.07) is 0. The quantitative estimate of drug-likeness (QED) is 0.651. The fraction of sp³-hybridized carbons (Fsp3) is 0.500. The highest BCUT2D eigenvalue weighted by molar-refractivity contribution is 6.59. The van der Waals surface area contributed by atoms with Gasteiger partial charge < -0.3 is 10.0 Å². The second kappa shape index (κ2) is 3.71. The van der Waals surface area contributed by atoms with Gasteiger partial charge in [-0.3, -0.25) is 4.98 Å². The Morgan fingerprint density at radius 1 is 1.36 bits per heavy atom. The van der Waals surface area contributed by atoms with Gasteiger partial charge in [-0.2, -0.15) is 0 Å². The lowest BCUT2D eigenvalue weighted by Crippen LogP contribution is -2.34. The Balaban J connectivity index is 4.25. The van der Waals surface area contributed by atoms with Crippen LogP contribution in [-0.2, 0) is 5.41 Å². The third-order valence-electron chi connectivity index (χ3n) is 1.66. The van der Waals surface area contributed by atoms with E-state index in [1.807, 2.05) is 0 Å². The first-order valence-electron chi connectivity index (χ1n) is 9.65. The normalized spacial score (nSPS) is 27.9. The summed E-state index contributed by atoms with van der Waals surface area (Å²) in [5.41, 5.74) is -6.62. The predicted octanol–water partition coefficient (Wildman–Crippen LogP) is 0.367. The molecule has 3 nitrogen and oxygen atoms in total. The van der Waals surface area contributed by atoms with E-state index in [9.17, 15) is 10.0 Å². The highest BCUT2D eigenvalue weighted by atomic mass is 16.4. The molecule has 0 aliphatic heterocycles. The molecule has 0 bridgehead atoms. The molecule has 0 atom stereocenters. The summed E-state index contributed by atoms with van der Waals surface area (Å²) < 4.78 is 91.5. The van der Waals surface area contributed by atoms with Gasteiger partial charge in [0.1, 0.15) is 0 Å². The molecule has 14 heavy (non-hydrogen) atoms. The van der Waals surface area contributed by atoms with Gasteiger partial charge in [-0.25, -0.2) is 0 Å². The predicted molar refractivity (Wildman–Crippen MR) is 57.5 cm³/mol. The lowest BCUT2D eigenvalue weighted by molar-refractivity contribution is 0.425. The maximum absolute atomic E-state index is 9.41. The SMILES string of the molecule is [2H]C([2H])([2H])c1c(B(O)O)cncc1C(C([2H])([2H])[2H])(C([2H])([2H])[2H])C([2H])([2H])[2H]. The van der Waals surface area contributed by atoms with E-state index in [-0.39, 0.29) is 0 Å². The van der Waals surface area contributed by atoms with E-state index >= 15 is 0 Å². The maximum atomic E-state index is 9.41. The topological polar surface area (TPSA) is 53.4 Å². The molecule has 2 N–H and O–H groups in total. The molecule has 0 saturated carbocycles. The van der Waals surface area contributed by atoms with Crippen molar-refractivity contribution in [3.63, 3.8) is 0 Å². The molecular formula is C10H16BNO2. The van der Waals surface area contributed by atoms with Gasteiger partial charge in [0, 0.05) is 34.3 Å². The van der Waals surface area contributed by atoms with Crippen molar-refractivity contribution in [3.05, 3.63) is 23.5 Å². The van der Waals surface area contributed by atoms with Crippen molar-refractivity contribution < 1.29 is 26.5 Å². The van der Waals surface area contributed by atoms with Gasteiger partial charge in [-0.15, -0.1) is 0 Å². The maximum Gasteiger partial charge on any atom is 0.490 e. The van der Waals surface area contributed by atoms with Crippen LogP contribution in [0.1, 0.15) is 48.1 Å². The van der Waals surface area contributed by atoms with E-state index in [0.717, 1.165) is 0 Å². The van der Waals surface area contributed by atoms with E-state index in [0.29, 0.717) is 12.4 Å². The lowest BCUT2D eigenvalue weighted by Gasteiger charge is -2.22. The summed E-state index contributed by atoms with van der Waals surface area (Å²) in [4.78, 5) is 3.47.